The average Bonchev–Trinajstić information content (AvgIpc) is 3.77. The van der Waals surface area contributed by atoms with Crippen molar-refractivity contribution in [1.82, 2.24) is 5.32 Å². The smallest absolute Gasteiger partial charge is 0.170 e. The molecule has 0 fully saturated rings. The summed E-state index contributed by atoms with van der Waals surface area (Å²) in [4.78, 5) is 10.5. The second-order valence-electron chi connectivity index (χ2n) is 12.5. The van der Waals surface area contributed by atoms with E-state index in [1.807, 2.05) is 60.7 Å². The third kappa shape index (κ3) is 4.63. The fourth-order valence-corrected chi connectivity index (χ4v) is 7.26. The van der Waals surface area contributed by atoms with Gasteiger partial charge in [-0.3, -0.25) is 0 Å². The molecule has 0 saturated carbocycles. The summed E-state index contributed by atoms with van der Waals surface area (Å²) < 4.78 is 12.9. The largest absolute Gasteiger partial charge is 0.456 e. The van der Waals surface area contributed by atoms with Crippen molar-refractivity contribution < 1.29 is 8.83 Å². The van der Waals surface area contributed by atoms with E-state index in [1.165, 1.54) is 5.56 Å². The molecule has 10 rings (SSSR count). The normalized spacial score (nSPS) is 14.6. The maximum atomic E-state index is 6.57. The van der Waals surface area contributed by atoms with Gasteiger partial charge in [0.05, 0.1) is 0 Å². The summed E-state index contributed by atoms with van der Waals surface area (Å²) in [6, 6.07) is 56.2. The molecular formula is C45H29N3O2. The maximum Gasteiger partial charge on any atom is 0.170 e. The summed E-state index contributed by atoms with van der Waals surface area (Å²) in [5, 5.41) is 7.79. The van der Waals surface area contributed by atoms with Gasteiger partial charge in [0.15, 0.2) is 6.17 Å². The van der Waals surface area contributed by atoms with Crippen molar-refractivity contribution in [3.63, 3.8) is 0 Å². The zero-order chi connectivity index (χ0) is 33.0. The van der Waals surface area contributed by atoms with Crippen molar-refractivity contribution in [2.75, 3.05) is 0 Å². The van der Waals surface area contributed by atoms with Gasteiger partial charge in [-0.05, 0) is 46.5 Å². The Hall–Kier alpha value is -6.72. The van der Waals surface area contributed by atoms with Gasteiger partial charge in [-0.2, -0.15) is 0 Å². The molecule has 1 N–H and O–H groups in total. The number of hydrogen-bond acceptors (Lipinski definition) is 5. The molecule has 2 aromatic heterocycles. The predicted octanol–water partition coefficient (Wildman–Crippen LogP) is 11.3. The lowest BCUT2D eigenvalue weighted by Gasteiger charge is -2.23. The van der Waals surface area contributed by atoms with Gasteiger partial charge < -0.3 is 14.2 Å². The first-order valence-electron chi connectivity index (χ1n) is 16.8. The van der Waals surface area contributed by atoms with Crippen LogP contribution in [0.25, 0.3) is 66.1 Å². The molecule has 0 radical (unpaired) electrons. The van der Waals surface area contributed by atoms with Crippen molar-refractivity contribution in [2.45, 2.75) is 6.17 Å². The van der Waals surface area contributed by atoms with Crippen LogP contribution in [0.2, 0.25) is 0 Å². The molecule has 236 valence electrons. The molecule has 0 bridgehead atoms. The van der Waals surface area contributed by atoms with Crippen molar-refractivity contribution in [3.05, 3.63) is 180 Å². The lowest BCUT2D eigenvalue weighted by Crippen LogP contribution is -2.36. The molecular weight excluding hydrogens is 615 g/mol. The van der Waals surface area contributed by atoms with E-state index in [9.17, 15) is 0 Å². The van der Waals surface area contributed by atoms with Crippen LogP contribution in [0.4, 0.5) is 0 Å². The number of nitrogens with one attached hydrogen (secondary N) is 1. The Morgan fingerprint density at radius 3 is 1.58 bits per heavy atom. The minimum absolute atomic E-state index is 0.515. The Morgan fingerprint density at radius 2 is 0.860 bits per heavy atom. The minimum atomic E-state index is -0.515. The van der Waals surface area contributed by atoms with Gasteiger partial charge in [-0.15, -0.1) is 0 Å². The van der Waals surface area contributed by atoms with E-state index in [4.69, 9.17) is 18.8 Å². The number of para-hydroxylation sites is 1. The first-order chi connectivity index (χ1) is 24.8. The summed E-state index contributed by atoms with van der Waals surface area (Å²) in [7, 11) is 0. The maximum absolute atomic E-state index is 6.57. The molecule has 5 heteroatoms. The molecule has 3 heterocycles. The molecule has 0 aliphatic carbocycles. The predicted molar refractivity (Wildman–Crippen MR) is 204 cm³/mol. The van der Waals surface area contributed by atoms with Crippen LogP contribution in [0.15, 0.2) is 183 Å². The molecule has 1 aliphatic rings. The molecule has 7 aromatic carbocycles. The van der Waals surface area contributed by atoms with E-state index >= 15 is 0 Å². The first kappa shape index (κ1) is 28.3. The molecule has 50 heavy (non-hydrogen) atoms. The summed E-state index contributed by atoms with van der Waals surface area (Å²) >= 11 is 0. The monoisotopic (exact) mass is 643 g/mol. The number of fused-ring (bicyclic) bond motifs is 6. The van der Waals surface area contributed by atoms with Crippen LogP contribution in [-0.4, -0.2) is 11.7 Å². The lowest BCUT2D eigenvalue weighted by atomic mass is 9.93. The van der Waals surface area contributed by atoms with Crippen molar-refractivity contribution in [2.24, 2.45) is 9.98 Å². The van der Waals surface area contributed by atoms with Crippen molar-refractivity contribution in [1.29, 1.82) is 0 Å². The zero-order valence-corrected chi connectivity index (χ0v) is 26.9. The molecule has 1 unspecified atom stereocenters. The first-order valence-corrected chi connectivity index (χ1v) is 16.8. The number of benzene rings is 7. The van der Waals surface area contributed by atoms with E-state index in [-0.39, 0.29) is 0 Å². The van der Waals surface area contributed by atoms with E-state index in [2.05, 4.69) is 108 Å². The average molecular weight is 644 g/mol. The van der Waals surface area contributed by atoms with Gasteiger partial charge in [0.2, 0.25) is 0 Å². The van der Waals surface area contributed by atoms with Crippen LogP contribution >= 0.6 is 0 Å². The number of nitrogens with zero attached hydrogens (tertiary/aromatic N) is 2. The zero-order valence-electron chi connectivity index (χ0n) is 26.9. The summed E-state index contributed by atoms with van der Waals surface area (Å²) in [5.74, 6) is 1.54. The Labute approximate surface area is 287 Å². The topological polar surface area (TPSA) is 63.0 Å². The van der Waals surface area contributed by atoms with E-state index in [1.54, 1.807) is 0 Å². The van der Waals surface area contributed by atoms with Crippen molar-refractivity contribution in [3.8, 4) is 22.3 Å². The molecule has 1 aliphatic heterocycles. The second kappa shape index (κ2) is 11.5. The van der Waals surface area contributed by atoms with Gasteiger partial charge in [0.25, 0.3) is 0 Å². The fourth-order valence-electron chi connectivity index (χ4n) is 7.26. The highest BCUT2D eigenvalue weighted by atomic mass is 16.3. The highest BCUT2D eigenvalue weighted by Gasteiger charge is 2.26. The molecule has 5 nitrogen and oxygen atoms in total. The second-order valence-corrected chi connectivity index (χ2v) is 12.5. The lowest BCUT2D eigenvalue weighted by molar-refractivity contribution is 0.667. The molecule has 0 saturated heterocycles. The number of amidine groups is 2. The summed E-state index contributed by atoms with van der Waals surface area (Å²) in [6.45, 7) is 0. The molecule has 9 aromatic rings. The Bertz CT molecular complexity index is 2770. The summed E-state index contributed by atoms with van der Waals surface area (Å²) in [5.41, 5.74) is 10.8. The van der Waals surface area contributed by atoms with E-state index in [0.29, 0.717) is 0 Å². The van der Waals surface area contributed by atoms with Gasteiger partial charge in [-0.1, -0.05) is 140 Å². The minimum Gasteiger partial charge on any atom is -0.456 e. The Morgan fingerprint density at radius 1 is 0.380 bits per heavy atom. The Balaban J connectivity index is 1.18. The fraction of sp³-hybridized carbons (Fsp3) is 0.0222. The van der Waals surface area contributed by atoms with Crippen LogP contribution in [0.3, 0.4) is 0 Å². The number of furan rings is 2. The van der Waals surface area contributed by atoms with Crippen LogP contribution in [-0.2, 0) is 0 Å². The van der Waals surface area contributed by atoms with Crippen molar-refractivity contribution >= 4 is 55.5 Å². The molecule has 0 spiro atoms. The van der Waals surface area contributed by atoms with Crippen LogP contribution in [0.5, 0.6) is 0 Å². The van der Waals surface area contributed by atoms with Crippen LogP contribution in [0.1, 0.15) is 22.9 Å². The van der Waals surface area contributed by atoms with Crippen LogP contribution in [0, 0.1) is 0 Å². The number of hydrogen-bond donors (Lipinski definition) is 1. The quantitative estimate of drug-likeness (QED) is 0.203. The third-order valence-corrected chi connectivity index (χ3v) is 9.58. The van der Waals surface area contributed by atoms with Gasteiger partial charge in [0, 0.05) is 38.2 Å². The van der Waals surface area contributed by atoms with E-state index in [0.717, 1.165) is 88.9 Å². The van der Waals surface area contributed by atoms with Gasteiger partial charge >= 0.3 is 0 Å². The SMILES string of the molecule is c1ccc(C2=NC(c3cccc4oc5cccc(-c6cccc7oc8ccccc8c67)c5c34)N=C(c3ccc(-c4ccccc4)cc3)N2)cc1. The molecule has 0 amide bonds. The van der Waals surface area contributed by atoms with Crippen LogP contribution < -0.4 is 5.32 Å². The van der Waals surface area contributed by atoms with Gasteiger partial charge in [0.1, 0.15) is 34.0 Å². The highest BCUT2D eigenvalue weighted by molar-refractivity contribution is 6.20. The third-order valence-electron chi connectivity index (χ3n) is 9.58. The van der Waals surface area contributed by atoms with Gasteiger partial charge in [-0.25, -0.2) is 9.98 Å². The molecule has 1 atom stereocenters. The summed E-state index contributed by atoms with van der Waals surface area (Å²) in [6.07, 6.45) is -0.515. The van der Waals surface area contributed by atoms with E-state index < -0.39 is 6.17 Å². The number of aliphatic imine (C=N–C) groups is 2. The Kier molecular flexibility index (Phi) is 6.49. The number of rotatable bonds is 5. The standard InChI is InChI=1S/C45H29N3O2/c1-3-12-28(13-4-1)29-24-26-31(27-25-29)44-46-43(30-14-5-2-6-15-30)47-45(48-44)35-19-11-23-39-42(35)41-33(18-10-22-38(41)50-39)32-17-9-21-37-40(32)34-16-7-8-20-36(34)49-37/h1-27,45H,(H,46,47,48). The highest BCUT2D eigenvalue weighted by Crippen LogP contribution is 2.44.